The lowest BCUT2D eigenvalue weighted by atomic mass is 10.2. The Morgan fingerprint density at radius 1 is 0.654 bits per heavy atom. The summed E-state index contributed by atoms with van der Waals surface area (Å²) in [5.41, 5.74) is 1.15. The maximum Gasteiger partial charge on any atom is 0.274 e. The average molecular weight is 349 g/mol. The van der Waals surface area contributed by atoms with Crippen LogP contribution in [-0.4, -0.2) is 27.0 Å². The van der Waals surface area contributed by atoms with Gasteiger partial charge in [-0.1, -0.05) is 6.07 Å². The highest BCUT2D eigenvalue weighted by Crippen LogP contribution is 2.16. The molecule has 0 fully saturated rings. The van der Waals surface area contributed by atoms with Gasteiger partial charge < -0.3 is 20.8 Å². The van der Waals surface area contributed by atoms with E-state index in [1.165, 1.54) is 36.4 Å². The second-order valence-electron chi connectivity index (χ2n) is 5.41. The lowest BCUT2D eigenvalue weighted by molar-refractivity contribution is 0.101. The van der Waals surface area contributed by atoms with E-state index in [2.05, 4.69) is 15.6 Å². The minimum atomic E-state index is -0.477. The molecule has 4 N–H and O–H groups in total. The van der Waals surface area contributed by atoms with Crippen molar-refractivity contribution in [2.75, 3.05) is 10.6 Å². The molecule has 2 amide bonds. The topological polar surface area (TPSA) is 112 Å². The number of anilines is 2. The number of aromatic nitrogens is 1. The summed E-state index contributed by atoms with van der Waals surface area (Å²) in [6.07, 6.45) is 0. The second kappa shape index (κ2) is 7.35. The summed E-state index contributed by atoms with van der Waals surface area (Å²) in [6, 6.07) is 16.5. The quantitative estimate of drug-likeness (QED) is 0.541. The maximum absolute atomic E-state index is 12.3. The number of hydrogen-bond acceptors (Lipinski definition) is 5. The fourth-order valence-electron chi connectivity index (χ4n) is 2.17. The van der Waals surface area contributed by atoms with Gasteiger partial charge in [0.15, 0.2) is 0 Å². The summed E-state index contributed by atoms with van der Waals surface area (Å²) in [7, 11) is 0. The third kappa shape index (κ3) is 4.15. The van der Waals surface area contributed by atoms with E-state index in [1.807, 2.05) is 0 Å². The zero-order valence-electron chi connectivity index (χ0n) is 13.5. The smallest absolute Gasteiger partial charge is 0.274 e. The van der Waals surface area contributed by atoms with Crippen molar-refractivity contribution in [1.82, 2.24) is 4.98 Å². The van der Waals surface area contributed by atoms with Crippen molar-refractivity contribution in [3.63, 3.8) is 0 Å². The normalized spacial score (nSPS) is 10.2. The van der Waals surface area contributed by atoms with Crippen molar-refractivity contribution in [2.24, 2.45) is 0 Å². The Hall–Kier alpha value is -3.87. The first-order chi connectivity index (χ1) is 12.5. The highest BCUT2D eigenvalue weighted by Gasteiger charge is 2.13. The molecule has 0 atom stereocenters. The maximum atomic E-state index is 12.3. The first-order valence-electron chi connectivity index (χ1n) is 7.69. The first kappa shape index (κ1) is 17.0. The zero-order chi connectivity index (χ0) is 18.5. The van der Waals surface area contributed by atoms with Crippen LogP contribution in [0, 0.1) is 0 Å². The van der Waals surface area contributed by atoms with Gasteiger partial charge in [0.1, 0.15) is 22.9 Å². The lowest BCUT2D eigenvalue weighted by Gasteiger charge is -2.07. The van der Waals surface area contributed by atoms with Crippen LogP contribution >= 0.6 is 0 Å². The third-order valence-corrected chi connectivity index (χ3v) is 3.46. The number of pyridine rings is 1. The Labute approximate surface area is 149 Å². The fourth-order valence-corrected chi connectivity index (χ4v) is 2.17. The SMILES string of the molecule is O=C(Nc1ccc(O)cc1)c1cccc(C(=O)Nc2ccc(O)cc2)n1. The van der Waals surface area contributed by atoms with Gasteiger partial charge in [-0.05, 0) is 60.7 Å². The van der Waals surface area contributed by atoms with Gasteiger partial charge >= 0.3 is 0 Å². The van der Waals surface area contributed by atoms with E-state index >= 15 is 0 Å². The Morgan fingerprint density at radius 3 is 1.42 bits per heavy atom. The van der Waals surface area contributed by atoms with E-state index in [1.54, 1.807) is 30.3 Å². The van der Waals surface area contributed by atoms with Gasteiger partial charge in [0.2, 0.25) is 0 Å². The number of carbonyl (C=O) groups excluding carboxylic acids is 2. The van der Waals surface area contributed by atoms with Crippen molar-refractivity contribution in [3.05, 3.63) is 78.1 Å². The standard InChI is InChI=1S/C19H15N3O4/c23-14-8-4-12(5-9-14)20-18(25)16-2-1-3-17(22-16)19(26)21-13-6-10-15(24)11-7-13/h1-11,23-24H,(H,20,25)(H,21,26). The molecule has 0 aliphatic rings. The molecule has 1 heterocycles. The van der Waals surface area contributed by atoms with Crippen LogP contribution < -0.4 is 10.6 Å². The molecule has 7 heteroatoms. The molecule has 130 valence electrons. The number of amides is 2. The third-order valence-electron chi connectivity index (χ3n) is 3.46. The van der Waals surface area contributed by atoms with Gasteiger partial charge in [-0.2, -0.15) is 0 Å². The first-order valence-corrected chi connectivity index (χ1v) is 7.69. The van der Waals surface area contributed by atoms with Gasteiger partial charge in [0.05, 0.1) is 0 Å². The molecule has 3 aromatic rings. The molecule has 0 saturated heterocycles. The van der Waals surface area contributed by atoms with Crippen LogP contribution in [0.4, 0.5) is 11.4 Å². The predicted octanol–water partition coefficient (Wildman–Crippen LogP) is 3.00. The number of hydrogen-bond donors (Lipinski definition) is 4. The van der Waals surface area contributed by atoms with Crippen LogP contribution in [0.2, 0.25) is 0 Å². The molecule has 0 unspecified atom stereocenters. The summed E-state index contributed by atoms with van der Waals surface area (Å²) < 4.78 is 0. The summed E-state index contributed by atoms with van der Waals surface area (Å²) >= 11 is 0. The summed E-state index contributed by atoms with van der Waals surface area (Å²) in [5, 5.41) is 23.8. The van der Waals surface area contributed by atoms with Crippen LogP contribution in [-0.2, 0) is 0 Å². The van der Waals surface area contributed by atoms with Gasteiger partial charge in [-0.3, -0.25) is 9.59 Å². The van der Waals surface area contributed by atoms with Crippen LogP contribution in [0.15, 0.2) is 66.7 Å². The number of carbonyl (C=O) groups is 2. The molecule has 0 aliphatic heterocycles. The Morgan fingerprint density at radius 2 is 1.04 bits per heavy atom. The summed E-state index contributed by atoms with van der Waals surface area (Å²) in [6.45, 7) is 0. The van der Waals surface area contributed by atoms with Crippen molar-refractivity contribution < 1.29 is 19.8 Å². The highest BCUT2D eigenvalue weighted by atomic mass is 16.3. The molecule has 1 aromatic heterocycles. The average Bonchev–Trinajstić information content (AvgIpc) is 2.65. The van der Waals surface area contributed by atoms with E-state index in [9.17, 15) is 19.8 Å². The Balaban J connectivity index is 1.72. The van der Waals surface area contributed by atoms with E-state index in [4.69, 9.17) is 0 Å². The zero-order valence-corrected chi connectivity index (χ0v) is 13.5. The van der Waals surface area contributed by atoms with E-state index in [0.717, 1.165) is 0 Å². The Bertz CT molecular complexity index is 863. The minimum absolute atomic E-state index is 0.0800. The molecular weight excluding hydrogens is 334 g/mol. The number of nitrogens with zero attached hydrogens (tertiary/aromatic N) is 1. The molecule has 0 aliphatic carbocycles. The fraction of sp³-hybridized carbons (Fsp3) is 0. The monoisotopic (exact) mass is 349 g/mol. The number of nitrogens with one attached hydrogen (secondary N) is 2. The van der Waals surface area contributed by atoms with Crippen molar-refractivity contribution in [3.8, 4) is 11.5 Å². The van der Waals surface area contributed by atoms with Gasteiger partial charge in [-0.25, -0.2) is 4.98 Å². The minimum Gasteiger partial charge on any atom is -0.508 e. The number of benzene rings is 2. The van der Waals surface area contributed by atoms with Crippen LogP contribution in [0.3, 0.4) is 0 Å². The number of phenolic OH excluding ortho intramolecular Hbond substituents is 2. The van der Waals surface area contributed by atoms with Gasteiger partial charge in [0.25, 0.3) is 11.8 Å². The van der Waals surface area contributed by atoms with Crippen LogP contribution in [0.1, 0.15) is 21.0 Å². The number of rotatable bonds is 4. The van der Waals surface area contributed by atoms with Crippen molar-refractivity contribution in [2.45, 2.75) is 0 Å². The van der Waals surface area contributed by atoms with Crippen LogP contribution in [0.5, 0.6) is 11.5 Å². The molecule has 0 bridgehead atoms. The second-order valence-corrected chi connectivity index (χ2v) is 5.41. The van der Waals surface area contributed by atoms with Crippen LogP contribution in [0.25, 0.3) is 0 Å². The number of aromatic hydroxyl groups is 2. The van der Waals surface area contributed by atoms with Crippen molar-refractivity contribution in [1.29, 1.82) is 0 Å². The summed E-state index contributed by atoms with van der Waals surface area (Å²) in [5.74, 6) is -0.770. The largest absolute Gasteiger partial charge is 0.508 e. The predicted molar refractivity (Wildman–Crippen MR) is 96.4 cm³/mol. The lowest BCUT2D eigenvalue weighted by Crippen LogP contribution is -2.18. The molecule has 26 heavy (non-hydrogen) atoms. The van der Waals surface area contributed by atoms with Gasteiger partial charge in [-0.15, -0.1) is 0 Å². The molecule has 7 nitrogen and oxygen atoms in total. The molecule has 2 aromatic carbocycles. The van der Waals surface area contributed by atoms with E-state index in [-0.39, 0.29) is 22.9 Å². The highest BCUT2D eigenvalue weighted by molar-refractivity contribution is 6.06. The molecule has 0 saturated carbocycles. The molecular formula is C19H15N3O4. The Kier molecular flexibility index (Phi) is 4.80. The molecule has 3 rings (SSSR count). The molecule has 0 spiro atoms. The van der Waals surface area contributed by atoms with E-state index < -0.39 is 11.8 Å². The summed E-state index contributed by atoms with van der Waals surface area (Å²) in [4.78, 5) is 28.6. The number of phenols is 2. The van der Waals surface area contributed by atoms with Crippen molar-refractivity contribution >= 4 is 23.2 Å². The van der Waals surface area contributed by atoms with Gasteiger partial charge in [0, 0.05) is 11.4 Å². The molecule has 0 radical (unpaired) electrons. The van der Waals surface area contributed by atoms with E-state index in [0.29, 0.717) is 11.4 Å².